The highest BCUT2D eigenvalue weighted by molar-refractivity contribution is 7.13. The van der Waals surface area contributed by atoms with Gasteiger partial charge >= 0.3 is 5.69 Å². The number of nitrogens with one attached hydrogen (secondary N) is 1. The molecule has 0 radical (unpaired) electrons. The zero-order chi connectivity index (χ0) is 19.1. The number of nitrogens with zero attached hydrogens (tertiary/aromatic N) is 5. The molecule has 1 N–H and O–H groups in total. The van der Waals surface area contributed by atoms with E-state index < -0.39 is 11.2 Å². The van der Waals surface area contributed by atoms with Crippen molar-refractivity contribution < 1.29 is 0 Å². The van der Waals surface area contributed by atoms with Gasteiger partial charge in [0.25, 0.3) is 5.56 Å². The Morgan fingerprint density at radius 3 is 2.59 bits per heavy atom. The summed E-state index contributed by atoms with van der Waals surface area (Å²) >= 11 is 7.70. The van der Waals surface area contributed by atoms with E-state index in [0.717, 1.165) is 21.1 Å². The number of halogens is 1. The molecule has 0 spiro atoms. The van der Waals surface area contributed by atoms with E-state index in [1.165, 1.54) is 23.0 Å². The van der Waals surface area contributed by atoms with E-state index in [1.54, 1.807) is 11.6 Å². The third-order valence-corrected chi connectivity index (χ3v) is 5.29. The molecule has 27 heavy (non-hydrogen) atoms. The minimum atomic E-state index is -0.447. The molecule has 4 rings (SSSR count). The number of hydrogen-bond donors (Lipinski definition) is 1. The lowest BCUT2D eigenvalue weighted by Gasteiger charge is -2.06. The number of aryl methyl sites for hydroxylation is 1. The largest absolute Gasteiger partial charge is 0.332 e. The molecule has 0 aliphatic heterocycles. The van der Waals surface area contributed by atoms with Gasteiger partial charge in [0.2, 0.25) is 5.28 Å². The van der Waals surface area contributed by atoms with E-state index in [-0.39, 0.29) is 23.0 Å². The predicted molar refractivity (Wildman–Crippen MR) is 106 cm³/mol. The van der Waals surface area contributed by atoms with Crippen LogP contribution in [0.3, 0.4) is 0 Å². The van der Waals surface area contributed by atoms with Crippen molar-refractivity contribution in [2.75, 3.05) is 5.32 Å². The van der Waals surface area contributed by atoms with Crippen molar-refractivity contribution in [1.29, 1.82) is 0 Å². The highest BCUT2D eigenvalue weighted by Gasteiger charge is 2.19. The molecule has 8 nitrogen and oxygen atoms in total. The number of hydrogen-bond acceptors (Lipinski definition) is 6. The van der Waals surface area contributed by atoms with Gasteiger partial charge in [-0.25, -0.2) is 9.78 Å². The van der Waals surface area contributed by atoms with E-state index >= 15 is 0 Å². The second kappa shape index (κ2) is 6.67. The Morgan fingerprint density at radius 2 is 1.85 bits per heavy atom. The number of anilines is 2. The van der Waals surface area contributed by atoms with Gasteiger partial charge in [0, 0.05) is 25.2 Å². The van der Waals surface area contributed by atoms with Gasteiger partial charge in [0.1, 0.15) is 0 Å². The van der Waals surface area contributed by atoms with Crippen molar-refractivity contribution in [3.05, 3.63) is 67.5 Å². The van der Waals surface area contributed by atoms with Gasteiger partial charge in [-0.15, -0.1) is 11.3 Å². The summed E-state index contributed by atoms with van der Waals surface area (Å²) in [6.45, 7) is 0.274. The monoisotopic (exact) mass is 402 g/mol. The van der Waals surface area contributed by atoms with Crippen LogP contribution in [0.4, 0.5) is 10.8 Å². The molecule has 1 aromatic carbocycles. The summed E-state index contributed by atoms with van der Waals surface area (Å²) in [5, 5.41) is 5.99. The molecular formula is C17H15ClN6O2S. The predicted octanol–water partition coefficient (Wildman–Crippen LogP) is 2.34. The molecule has 3 aromatic heterocycles. The van der Waals surface area contributed by atoms with Crippen molar-refractivity contribution >= 4 is 44.9 Å². The Morgan fingerprint density at radius 1 is 1.11 bits per heavy atom. The van der Waals surface area contributed by atoms with Gasteiger partial charge in [0.15, 0.2) is 16.3 Å². The minimum Gasteiger partial charge on any atom is -0.332 e. The van der Waals surface area contributed by atoms with Crippen molar-refractivity contribution in [2.24, 2.45) is 14.1 Å². The lowest BCUT2D eigenvalue weighted by molar-refractivity contribution is 0.701. The first-order valence-electron chi connectivity index (χ1n) is 8.04. The summed E-state index contributed by atoms with van der Waals surface area (Å²) in [5.74, 6) is 0. The fourth-order valence-electron chi connectivity index (χ4n) is 2.81. The number of fused-ring (bicyclic) bond motifs is 1. The van der Waals surface area contributed by atoms with Crippen LogP contribution in [-0.2, 0) is 20.6 Å². The minimum absolute atomic E-state index is 0.133. The summed E-state index contributed by atoms with van der Waals surface area (Å²) in [5.41, 5.74) is 1.31. The molecule has 0 bridgehead atoms. The van der Waals surface area contributed by atoms with Gasteiger partial charge in [-0.3, -0.25) is 13.9 Å². The molecule has 138 valence electrons. The molecular weight excluding hydrogens is 388 g/mol. The van der Waals surface area contributed by atoms with Gasteiger partial charge in [-0.1, -0.05) is 18.2 Å². The van der Waals surface area contributed by atoms with Crippen LogP contribution in [0.1, 0.15) is 5.69 Å². The van der Waals surface area contributed by atoms with Crippen molar-refractivity contribution in [1.82, 2.24) is 23.7 Å². The number of imidazole rings is 1. The van der Waals surface area contributed by atoms with E-state index in [1.807, 2.05) is 35.7 Å². The van der Waals surface area contributed by atoms with Crippen molar-refractivity contribution in [2.45, 2.75) is 6.54 Å². The molecule has 4 aromatic rings. The normalized spacial score (nSPS) is 11.2. The third-order valence-electron chi connectivity index (χ3n) is 4.20. The number of thiazole rings is 1. The molecule has 0 unspecified atom stereocenters. The summed E-state index contributed by atoms with van der Waals surface area (Å²) in [7, 11) is 2.99. The Labute approximate surface area is 162 Å². The maximum atomic E-state index is 12.6. The van der Waals surface area contributed by atoms with Gasteiger partial charge < -0.3 is 9.88 Å². The zero-order valence-electron chi connectivity index (χ0n) is 14.5. The topological polar surface area (TPSA) is 86.7 Å². The molecule has 0 atom stereocenters. The molecule has 0 aliphatic rings. The zero-order valence-corrected chi connectivity index (χ0v) is 16.1. The number of benzene rings is 1. The fraction of sp³-hybridized carbons (Fsp3) is 0.176. The van der Waals surface area contributed by atoms with Crippen molar-refractivity contribution in [3.8, 4) is 0 Å². The number of rotatable bonds is 4. The Balaban J connectivity index is 1.72. The molecule has 0 amide bonds. The lowest BCUT2D eigenvalue weighted by Crippen LogP contribution is -2.37. The Bertz CT molecular complexity index is 1250. The van der Waals surface area contributed by atoms with Gasteiger partial charge in [0.05, 0.1) is 12.2 Å². The maximum absolute atomic E-state index is 12.6. The van der Waals surface area contributed by atoms with E-state index in [9.17, 15) is 9.59 Å². The summed E-state index contributed by atoms with van der Waals surface area (Å²) in [4.78, 5) is 33.4. The quantitative estimate of drug-likeness (QED) is 0.529. The maximum Gasteiger partial charge on any atom is 0.332 e. The molecule has 0 fully saturated rings. The van der Waals surface area contributed by atoms with Crippen LogP contribution in [-0.4, -0.2) is 23.7 Å². The molecule has 0 aliphatic carbocycles. The molecule has 3 heterocycles. The first kappa shape index (κ1) is 17.5. The SMILES string of the molecule is Cn1c(=O)c2c(nc(Cl)n2Cc2csc(Nc3ccccc3)n2)n(C)c1=O. The summed E-state index contributed by atoms with van der Waals surface area (Å²) < 4.78 is 3.92. The third kappa shape index (κ3) is 3.04. The second-order valence-corrected chi connectivity index (χ2v) is 7.18. The average molecular weight is 403 g/mol. The lowest BCUT2D eigenvalue weighted by atomic mass is 10.3. The van der Waals surface area contributed by atoms with Crippen LogP contribution < -0.4 is 16.6 Å². The van der Waals surface area contributed by atoms with Crippen LogP contribution in [0.2, 0.25) is 5.28 Å². The summed E-state index contributed by atoms with van der Waals surface area (Å²) in [6.07, 6.45) is 0. The molecule has 0 saturated heterocycles. The van der Waals surface area contributed by atoms with Gasteiger partial charge in [-0.2, -0.15) is 4.98 Å². The first-order chi connectivity index (χ1) is 13.0. The smallest absolute Gasteiger partial charge is 0.332 e. The Hall–Kier alpha value is -2.91. The second-order valence-electron chi connectivity index (χ2n) is 5.98. The van der Waals surface area contributed by atoms with Crippen molar-refractivity contribution in [3.63, 3.8) is 0 Å². The first-order valence-corrected chi connectivity index (χ1v) is 9.29. The fourth-order valence-corrected chi connectivity index (χ4v) is 3.75. The summed E-state index contributed by atoms with van der Waals surface area (Å²) in [6, 6.07) is 9.72. The molecule has 0 saturated carbocycles. The van der Waals surface area contributed by atoms with Gasteiger partial charge in [-0.05, 0) is 23.7 Å². The number of aromatic nitrogens is 5. The van der Waals surface area contributed by atoms with Crippen LogP contribution in [0, 0.1) is 0 Å². The molecule has 10 heteroatoms. The average Bonchev–Trinajstić information content (AvgIpc) is 3.24. The highest BCUT2D eigenvalue weighted by Crippen LogP contribution is 2.23. The standard InChI is InChI=1S/C17H15ClN6O2S/c1-22-13-12(14(25)23(2)17(22)26)24(15(18)21-13)8-11-9-27-16(20-11)19-10-6-4-3-5-7-10/h3-7,9H,8H2,1-2H3,(H,19,20). The highest BCUT2D eigenvalue weighted by atomic mass is 35.5. The van der Waals surface area contributed by atoms with E-state index in [0.29, 0.717) is 0 Å². The van der Waals surface area contributed by atoms with Crippen LogP contribution in [0.25, 0.3) is 11.2 Å². The Kier molecular flexibility index (Phi) is 4.33. The van der Waals surface area contributed by atoms with Crippen LogP contribution in [0.5, 0.6) is 0 Å². The number of para-hydroxylation sites is 1. The van der Waals surface area contributed by atoms with Crippen LogP contribution in [0.15, 0.2) is 45.3 Å². The van der Waals surface area contributed by atoms with E-state index in [4.69, 9.17) is 11.6 Å². The van der Waals surface area contributed by atoms with Crippen LogP contribution >= 0.6 is 22.9 Å². The van der Waals surface area contributed by atoms with E-state index in [2.05, 4.69) is 15.3 Å².